The largest absolute Gasteiger partial charge is 0.295 e. The molecule has 0 spiro atoms. The van der Waals surface area contributed by atoms with Gasteiger partial charge in [0.25, 0.3) is 0 Å². The van der Waals surface area contributed by atoms with Gasteiger partial charge in [0.05, 0.1) is 16.2 Å². The summed E-state index contributed by atoms with van der Waals surface area (Å²) in [6.45, 7) is 3.25. The van der Waals surface area contributed by atoms with Gasteiger partial charge in [0.15, 0.2) is 0 Å². The van der Waals surface area contributed by atoms with Crippen LogP contribution in [-0.4, -0.2) is 27.2 Å². The van der Waals surface area contributed by atoms with Crippen LogP contribution in [0.4, 0.5) is 0 Å². The standard InChI is InChI=1S/C15H15ClN4O/c1-10-14(19-21-18-10)9-20(2)8-12-7-6-11-4-3-5-13(16)15(11)17-12/h3-7H,8-9H2,1-2H3. The lowest BCUT2D eigenvalue weighted by molar-refractivity contribution is 0.278. The Balaban J connectivity index is 1.78. The van der Waals surface area contributed by atoms with Crippen LogP contribution in [-0.2, 0) is 13.1 Å². The maximum absolute atomic E-state index is 6.19. The zero-order valence-electron chi connectivity index (χ0n) is 11.9. The average Bonchev–Trinajstić information content (AvgIpc) is 2.85. The van der Waals surface area contributed by atoms with E-state index in [4.69, 9.17) is 16.2 Å². The highest BCUT2D eigenvalue weighted by Gasteiger charge is 2.10. The van der Waals surface area contributed by atoms with Gasteiger partial charge in [0.1, 0.15) is 11.4 Å². The SMILES string of the molecule is Cc1nonc1CN(C)Cc1ccc2cccc(Cl)c2n1. The molecule has 0 radical (unpaired) electrons. The molecule has 1 aromatic carbocycles. The van der Waals surface area contributed by atoms with E-state index in [0.717, 1.165) is 28.0 Å². The quantitative estimate of drug-likeness (QED) is 0.740. The van der Waals surface area contributed by atoms with Gasteiger partial charge < -0.3 is 0 Å². The van der Waals surface area contributed by atoms with E-state index in [2.05, 4.69) is 20.2 Å². The lowest BCUT2D eigenvalue weighted by Crippen LogP contribution is -2.18. The molecule has 0 fully saturated rings. The summed E-state index contributed by atoms with van der Waals surface area (Å²) in [5, 5.41) is 9.40. The van der Waals surface area contributed by atoms with Crippen molar-refractivity contribution in [1.29, 1.82) is 0 Å². The Morgan fingerprint density at radius 3 is 2.76 bits per heavy atom. The number of benzene rings is 1. The molecular formula is C15H15ClN4O. The smallest absolute Gasteiger partial charge is 0.122 e. The fourth-order valence-corrected chi connectivity index (χ4v) is 2.44. The molecule has 0 saturated heterocycles. The molecule has 108 valence electrons. The highest BCUT2D eigenvalue weighted by Crippen LogP contribution is 2.22. The molecule has 5 nitrogen and oxygen atoms in total. The van der Waals surface area contributed by atoms with E-state index < -0.39 is 0 Å². The fourth-order valence-electron chi connectivity index (χ4n) is 2.22. The average molecular weight is 303 g/mol. The number of rotatable bonds is 4. The predicted molar refractivity (Wildman–Crippen MR) is 81.0 cm³/mol. The molecule has 2 heterocycles. The number of hydrogen-bond donors (Lipinski definition) is 0. The van der Waals surface area contributed by atoms with Gasteiger partial charge in [-0.25, -0.2) is 9.61 Å². The fraction of sp³-hybridized carbons (Fsp3) is 0.267. The summed E-state index contributed by atoms with van der Waals surface area (Å²) in [5.41, 5.74) is 3.46. The van der Waals surface area contributed by atoms with E-state index in [-0.39, 0.29) is 0 Å². The Kier molecular flexibility index (Phi) is 3.86. The molecule has 0 bridgehead atoms. The number of nitrogens with zero attached hydrogens (tertiary/aromatic N) is 4. The summed E-state index contributed by atoms with van der Waals surface area (Å²) in [4.78, 5) is 6.74. The number of hydrogen-bond acceptors (Lipinski definition) is 5. The molecule has 3 rings (SSSR count). The van der Waals surface area contributed by atoms with Gasteiger partial charge in [-0.2, -0.15) is 0 Å². The first-order valence-corrected chi connectivity index (χ1v) is 7.02. The summed E-state index contributed by atoms with van der Waals surface area (Å²) >= 11 is 6.19. The second-order valence-electron chi connectivity index (χ2n) is 5.08. The summed E-state index contributed by atoms with van der Waals surface area (Å²) < 4.78 is 4.71. The summed E-state index contributed by atoms with van der Waals surface area (Å²) in [6.07, 6.45) is 0. The third-order valence-electron chi connectivity index (χ3n) is 3.33. The predicted octanol–water partition coefficient (Wildman–Crippen LogP) is 3.21. The second kappa shape index (κ2) is 5.79. The van der Waals surface area contributed by atoms with E-state index in [1.807, 2.05) is 44.3 Å². The minimum Gasteiger partial charge on any atom is -0.295 e. The van der Waals surface area contributed by atoms with Crippen molar-refractivity contribution in [1.82, 2.24) is 20.2 Å². The van der Waals surface area contributed by atoms with E-state index in [9.17, 15) is 0 Å². The van der Waals surface area contributed by atoms with Crippen LogP contribution < -0.4 is 0 Å². The number of aromatic nitrogens is 3. The van der Waals surface area contributed by atoms with Crippen molar-refractivity contribution in [2.45, 2.75) is 20.0 Å². The zero-order valence-corrected chi connectivity index (χ0v) is 12.6. The van der Waals surface area contributed by atoms with Gasteiger partial charge in [-0.3, -0.25) is 4.90 Å². The Hall–Kier alpha value is -1.98. The van der Waals surface area contributed by atoms with Crippen LogP contribution >= 0.6 is 11.6 Å². The van der Waals surface area contributed by atoms with Crippen molar-refractivity contribution in [3.63, 3.8) is 0 Å². The third kappa shape index (κ3) is 3.04. The monoisotopic (exact) mass is 302 g/mol. The molecule has 0 aliphatic heterocycles. The minimum absolute atomic E-state index is 0.664. The molecule has 2 aromatic heterocycles. The van der Waals surface area contributed by atoms with Crippen LogP contribution in [0.1, 0.15) is 17.1 Å². The van der Waals surface area contributed by atoms with Gasteiger partial charge in [-0.1, -0.05) is 40.1 Å². The maximum atomic E-state index is 6.19. The molecule has 0 saturated carbocycles. The molecule has 0 unspecified atom stereocenters. The van der Waals surface area contributed by atoms with Gasteiger partial charge in [-0.15, -0.1) is 0 Å². The van der Waals surface area contributed by atoms with Gasteiger partial charge in [0, 0.05) is 18.5 Å². The van der Waals surface area contributed by atoms with Crippen molar-refractivity contribution >= 4 is 22.5 Å². The highest BCUT2D eigenvalue weighted by atomic mass is 35.5. The summed E-state index contributed by atoms with van der Waals surface area (Å²) in [5.74, 6) is 0. The Bertz CT molecular complexity index is 771. The van der Waals surface area contributed by atoms with Crippen LogP contribution in [0, 0.1) is 6.92 Å². The number of aryl methyl sites for hydroxylation is 1. The number of para-hydroxylation sites is 1. The normalized spacial score (nSPS) is 11.4. The first-order chi connectivity index (χ1) is 10.1. The Morgan fingerprint density at radius 1 is 1.14 bits per heavy atom. The molecule has 3 aromatic rings. The Labute approximate surface area is 127 Å². The van der Waals surface area contributed by atoms with Crippen molar-refractivity contribution in [3.8, 4) is 0 Å². The van der Waals surface area contributed by atoms with Crippen molar-refractivity contribution < 1.29 is 4.63 Å². The zero-order chi connectivity index (χ0) is 14.8. The van der Waals surface area contributed by atoms with Crippen LogP contribution in [0.15, 0.2) is 35.0 Å². The maximum Gasteiger partial charge on any atom is 0.122 e. The van der Waals surface area contributed by atoms with Crippen molar-refractivity contribution in [2.24, 2.45) is 0 Å². The van der Waals surface area contributed by atoms with Crippen LogP contribution in [0.25, 0.3) is 10.9 Å². The molecule has 0 amide bonds. The van der Waals surface area contributed by atoms with E-state index >= 15 is 0 Å². The van der Waals surface area contributed by atoms with Crippen molar-refractivity contribution in [2.75, 3.05) is 7.05 Å². The summed E-state index contributed by atoms with van der Waals surface area (Å²) in [7, 11) is 2.01. The topological polar surface area (TPSA) is 55.1 Å². The number of pyridine rings is 1. The van der Waals surface area contributed by atoms with Crippen LogP contribution in [0.5, 0.6) is 0 Å². The third-order valence-corrected chi connectivity index (χ3v) is 3.63. The molecule has 0 atom stereocenters. The van der Waals surface area contributed by atoms with Crippen LogP contribution in [0.3, 0.4) is 0 Å². The first-order valence-electron chi connectivity index (χ1n) is 6.64. The lowest BCUT2D eigenvalue weighted by atomic mass is 10.2. The number of halogens is 1. The second-order valence-corrected chi connectivity index (χ2v) is 5.49. The lowest BCUT2D eigenvalue weighted by Gasteiger charge is -2.15. The molecule has 0 aliphatic rings. The summed E-state index contributed by atoms with van der Waals surface area (Å²) in [6, 6.07) is 9.85. The van der Waals surface area contributed by atoms with Gasteiger partial charge in [-0.05, 0) is 26.1 Å². The highest BCUT2D eigenvalue weighted by molar-refractivity contribution is 6.35. The van der Waals surface area contributed by atoms with Crippen LogP contribution in [0.2, 0.25) is 5.02 Å². The molecular weight excluding hydrogens is 288 g/mol. The number of fused-ring (bicyclic) bond motifs is 1. The molecule has 0 aliphatic carbocycles. The van der Waals surface area contributed by atoms with E-state index in [1.54, 1.807) is 0 Å². The minimum atomic E-state index is 0.664. The molecule has 21 heavy (non-hydrogen) atoms. The van der Waals surface area contributed by atoms with Gasteiger partial charge in [0.2, 0.25) is 0 Å². The first kappa shape index (κ1) is 14.0. The molecule has 0 N–H and O–H groups in total. The van der Waals surface area contributed by atoms with E-state index in [0.29, 0.717) is 18.1 Å². The van der Waals surface area contributed by atoms with Crippen molar-refractivity contribution in [3.05, 3.63) is 52.4 Å². The van der Waals surface area contributed by atoms with E-state index in [1.165, 1.54) is 0 Å². The van der Waals surface area contributed by atoms with Gasteiger partial charge >= 0.3 is 0 Å². The molecule has 6 heteroatoms. The Morgan fingerprint density at radius 2 is 2.00 bits per heavy atom.